The Hall–Kier alpha value is -0.570. The van der Waals surface area contributed by atoms with Crippen LogP contribution < -0.4 is 11.1 Å². The highest BCUT2D eigenvalue weighted by atomic mass is 16.1. The molecule has 0 aromatic carbocycles. The molecule has 1 amide bonds. The van der Waals surface area contributed by atoms with Crippen molar-refractivity contribution < 1.29 is 4.79 Å². The normalized spacial score (nSPS) is 28.7. The average molecular weight is 252 g/mol. The molecule has 2 saturated carbocycles. The Morgan fingerprint density at radius 2 is 1.89 bits per heavy atom. The molecule has 18 heavy (non-hydrogen) atoms. The maximum absolute atomic E-state index is 11.8. The van der Waals surface area contributed by atoms with Crippen molar-refractivity contribution in [3.8, 4) is 0 Å². The van der Waals surface area contributed by atoms with E-state index in [-0.39, 0.29) is 17.9 Å². The molecule has 0 aromatic rings. The first kappa shape index (κ1) is 13.9. The molecule has 0 aromatic heterocycles. The monoisotopic (exact) mass is 252 g/mol. The zero-order valence-corrected chi connectivity index (χ0v) is 11.5. The molecule has 0 aliphatic heterocycles. The van der Waals surface area contributed by atoms with Crippen molar-refractivity contribution >= 4 is 5.91 Å². The van der Waals surface area contributed by atoms with Gasteiger partial charge in [-0.25, -0.2) is 0 Å². The Balaban J connectivity index is 1.48. The van der Waals surface area contributed by atoms with Gasteiger partial charge in [-0.2, -0.15) is 0 Å². The molecule has 3 nitrogen and oxygen atoms in total. The minimum atomic E-state index is 0.190. The standard InChI is InChI=1S/C15H28N2O/c16-14-9-8-13(11-14)15(18)17-10-4-3-7-12-5-1-2-6-12/h12-14H,1-11,16H2,(H,17,18). The highest BCUT2D eigenvalue weighted by Crippen LogP contribution is 2.28. The molecule has 0 heterocycles. The first-order valence-electron chi connectivity index (χ1n) is 7.79. The van der Waals surface area contributed by atoms with E-state index in [0.717, 1.165) is 38.1 Å². The zero-order valence-electron chi connectivity index (χ0n) is 11.5. The van der Waals surface area contributed by atoms with Gasteiger partial charge in [0.15, 0.2) is 0 Å². The molecule has 3 heteroatoms. The van der Waals surface area contributed by atoms with Gasteiger partial charge in [0.25, 0.3) is 0 Å². The number of hydrogen-bond donors (Lipinski definition) is 2. The molecular formula is C15H28N2O. The summed E-state index contributed by atoms with van der Waals surface area (Å²) in [5, 5.41) is 3.08. The van der Waals surface area contributed by atoms with Gasteiger partial charge in [-0.15, -0.1) is 0 Å². The number of hydrogen-bond acceptors (Lipinski definition) is 2. The van der Waals surface area contributed by atoms with Crippen LogP contribution in [0.1, 0.15) is 64.2 Å². The zero-order chi connectivity index (χ0) is 12.8. The molecule has 3 N–H and O–H groups in total. The van der Waals surface area contributed by atoms with Gasteiger partial charge in [-0.05, 0) is 31.6 Å². The van der Waals surface area contributed by atoms with Crippen molar-refractivity contribution in [1.82, 2.24) is 5.32 Å². The van der Waals surface area contributed by atoms with Crippen LogP contribution in [-0.4, -0.2) is 18.5 Å². The smallest absolute Gasteiger partial charge is 0.223 e. The highest BCUT2D eigenvalue weighted by molar-refractivity contribution is 5.78. The lowest BCUT2D eigenvalue weighted by molar-refractivity contribution is -0.124. The molecule has 2 fully saturated rings. The van der Waals surface area contributed by atoms with Crippen LogP contribution >= 0.6 is 0 Å². The van der Waals surface area contributed by atoms with Crippen LogP contribution in [-0.2, 0) is 4.79 Å². The third-order valence-electron chi connectivity index (χ3n) is 4.66. The minimum absolute atomic E-state index is 0.190. The Bertz CT molecular complexity index is 261. The Morgan fingerprint density at radius 1 is 1.11 bits per heavy atom. The van der Waals surface area contributed by atoms with Crippen molar-refractivity contribution in [3.05, 3.63) is 0 Å². The molecule has 0 spiro atoms. The van der Waals surface area contributed by atoms with Crippen molar-refractivity contribution in [2.45, 2.75) is 70.3 Å². The molecular weight excluding hydrogens is 224 g/mol. The van der Waals surface area contributed by atoms with Crippen LogP contribution in [0, 0.1) is 11.8 Å². The van der Waals surface area contributed by atoms with Gasteiger partial charge in [0.2, 0.25) is 5.91 Å². The van der Waals surface area contributed by atoms with E-state index in [1.54, 1.807) is 0 Å². The number of nitrogens with one attached hydrogen (secondary N) is 1. The fourth-order valence-electron chi connectivity index (χ4n) is 3.47. The van der Waals surface area contributed by atoms with Crippen LogP contribution in [0.5, 0.6) is 0 Å². The van der Waals surface area contributed by atoms with Crippen LogP contribution in [0.2, 0.25) is 0 Å². The first-order chi connectivity index (χ1) is 8.75. The molecule has 2 aliphatic rings. The van der Waals surface area contributed by atoms with Gasteiger partial charge >= 0.3 is 0 Å². The minimum Gasteiger partial charge on any atom is -0.356 e. The van der Waals surface area contributed by atoms with Gasteiger partial charge in [0.05, 0.1) is 0 Å². The summed E-state index contributed by atoms with van der Waals surface area (Å²) in [6.07, 6.45) is 12.4. The summed E-state index contributed by atoms with van der Waals surface area (Å²) in [7, 11) is 0. The molecule has 2 unspecified atom stereocenters. The van der Waals surface area contributed by atoms with E-state index in [0.29, 0.717) is 0 Å². The van der Waals surface area contributed by atoms with Crippen molar-refractivity contribution in [2.75, 3.05) is 6.54 Å². The summed E-state index contributed by atoms with van der Waals surface area (Å²) in [5.74, 6) is 1.41. The van der Waals surface area contributed by atoms with Crippen LogP contribution in [0.15, 0.2) is 0 Å². The highest BCUT2D eigenvalue weighted by Gasteiger charge is 2.27. The topological polar surface area (TPSA) is 55.1 Å². The summed E-state index contributed by atoms with van der Waals surface area (Å²) in [5.41, 5.74) is 5.83. The van der Waals surface area contributed by atoms with Gasteiger partial charge in [0.1, 0.15) is 0 Å². The summed E-state index contributed by atoms with van der Waals surface area (Å²) in [6.45, 7) is 0.858. The lowest BCUT2D eigenvalue weighted by Crippen LogP contribution is -2.31. The van der Waals surface area contributed by atoms with Gasteiger partial charge in [0, 0.05) is 18.5 Å². The molecule has 104 valence electrons. The summed E-state index contributed by atoms with van der Waals surface area (Å²) in [4.78, 5) is 11.8. The molecule has 2 aliphatic carbocycles. The number of amides is 1. The van der Waals surface area contributed by atoms with Crippen molar-refractivity contribution in [2.24, 2.45) is 17.6 Å². The first-order valence-corrected chi connectivity index (χ1v) is 7.79. The van der Waals surface area contributed by atoms with E-state index < -0.39 is 0 Å². The second kappa shape index (κ2) is 7.13. The Labute approximate surface area is 111 Å². The number of carbonyl (C=O) groups excluding carboxylic acids is 1. The SMILES string of the molecule is NC1CCC(C(=O)NCCCCC2CCCC2)C1. The predicted molar refractivity (Wildman–Crippen MR) is 74.1 cm³/mol. The molecule has 2 atom stereocenters. The van der Waals surface area contributed by atoms with E-state index in [4.69, 9.17) is 5.73 Å². The summed E-state index contributed by atoms with van der Waals surface area (Å²) >= 11 is 0. The number of rotatable bonds is 6. The van der Waals surface area contributed by atoms with Gasteiger partial charge in [-0.3, -0.25) is 4.79 Å². The Kier molecular flexibility index (Phi) is 5.48. The predicted octanol–water partition coefficient (Wildman–Crippen LogP) is 2.59. The fraction of sp³-hybridized carbons (Fsp3) is 0.933. The molecule has 0 bridgehead atoms. The third kappa shape index (κ3) is 4.27. The van der Waals surface area contributed by atoms with Crippen LogP contribution in [0.3, 0.4) is 0 Å². The number of unbranched alkanes of at least 4 members (excludes halogenated alkanes) is 1. The second-order valence-corrected chi connectivity index (χ2v) is 6.21. The molecule has 0 saturated heterocycles. The molecule has 0 radical (unpaired) electrons. The van der Waals surface area contributed by atoms with E-state index in [9.17, 15) is 4.79 Å². The second-order valence-electron chi connectivity index (χ2n) is 6.21. The van der Waals surface area contributed by atoms with E-state index in [1.165, 1.54) is 38.5 Å². The lowest BCUT2D eigenvalue weighted by atomic mass is 10.0. The maximum atomic E-state index is 11.8. The lowest BCUT2D eigenvalue weighted by Gasteiger charge is -2.11. The van der Waals surface area contributed by atoms with Gasteiger partial charge in [-0.1, -0.05) is 38.5 Å². The third-order valence-corrected chi connectivity index (χ3v) is 4.66. The van der Waals surface area contributed by atoms with Crippen LogP contribution in [0.4, 0.5) is 0 Å². The van der Waals surface area contributed by atoms with E-state index in [1.807, 2.05) is 0 Å². The largest absolute Gasteiger partial charge is 0.356 e. The number of carbonyl (C=O) groups is 1. The summed E-state index contributed by atoms with van der Waals surface area (Å²) < 4.78 is 0. The summed E-state index contributed by atoms with van der Waals surface area (Å²) in [6, 6.07) is 0.253. The van der Waals surface area contributed by atoms with Crippen molar-refractivity contribution in [3.63, 3.8) is 0 Å². The maximum Gasteiger partial charge on any atom is 0.223 e. The van der Waals surface area contributed by atoms with E-state index >= 15 is 0 Å². The van der Waals surface area contributed by atoms with E-state index in [2.05, 4.69) is 5.32 Å². The quantitative estimate of drug-likeness (QED) is 0.714. The van der Waals surface area contributed by atoms with Gasteiger partial charge < -0.3 is 11.1 Å². The fourth-order valence-corrected chi connectivity index (χ4v) is 3.47. The van der Waals surface area contributed by atoms with Crippen molar-refractivity contribution in [1.29, 1.82) is 0 Å². The van der Waals surface area contributed by atoms with Crippen LogP contribution in [0.25, 0.3) is 0 Å². The Morgan fingerprint density at radius 3 is 2.56 bits per heavy atom. The molecule has 2 rings (SSSR count). The number of nitrogens with two attached hydrogens (primary N) is 1. The average Bonchev–Trinajstić information content (AvgIpc) is 2.99.